The Hall–Kier alpha value is -2.69. The molecule has 0 aromatic heterocycles. The number of nitrogens with zero attached hydrogens (tertiary/aromatic N) is 1. The number of carbonyl (C=O) groups excluding carboxylic acids is 1. The molecule has 1 aliphatic rings. The third-order valence-corrected chi connectivity index (χ3v) is 4.42. The van der Waals surface area contributed by atoms with E-state index in [0.29, 0.717) is 17.4 Å². The number of hydrogen-bond acceptors (Lipinski definition) is 3. The van der Waals surface area contributed by atoms with Crippen LogP contribution in [0, 0.1) is 5.92 Å². The summed E-state index contributed by atoms with van der Waals surface area (Å²) in [4.78, 5) is 14.7. The summed E-state index contributed by atoms with van der Waals surface area (Å²) in [6.45, 7) is 2.05. The zero-order valence-electron chi connectivity index (χ0n) is 13.9. The van der Waals surface area contributed by atoms with Crippen LogP contribution in [0.2, 0.25) is 0 Å². The highest BCUT2D eigenvalue weighted by Gasteiger charge is 2.36. The second-order valence-electron chi connectivity index (χ2n) is 6.07. The van der Waals surface area contributed by atoms with E-state index in [4.69, 9.17) is 4.74 Å². The van der Waals surface area contributed by atoms with Gasteiger partial charge in [0.25, 0.3) is 0 Å². The minimum atomic E-state index is -0.277. The first kappa shape index (κ1) is 16.2. The number of anilines is 2. The van der Waals surface area contributed by atoms with Crippen LogP contribution in [0.5, 0.6) is 11.5 Å². The monoisotopic (exact) mass is 326 g/mol. The van der Waals surface area contributed by atoms with Gasteiger partial charge in [-0.1, -0.05) is 24.3 Å². The number of aromatic hydroxyl groups is 1. The molecule has 0 spiro atoms. The maximum absolute atomic E-state index is 13.0. The summed E-state index contributed by atoms with van der Waals surface area (Å²) in [5.41, 5.74) is 1.12. The van der Waals surface area contributed by atoms with Gasteiger partial charge in [-0.2, -0.15) is 0 Å². The molecule has 24 heavy (non-hydrogen) atoms. The summed E-state index contributed by atoms with van der Waals surface area (Å²) in [5.74, 6) is 1.19. The van der Waals surface area contributed by atoms with Crippen LogP contribution in [-0.4, -0.2) is 24.3 Å². The van der Waals surface area contributed by atoms with Crippen molar-refractivity contribution < 1.29 is 14.6 Å². The van der Waals surface area contributed by atoms with Gasteiger partial charge in [0.1, 0.15) is 11.5 Å². The van der Waals surface area contributed by atoms with E-state index in [0.717, 1.165) is 18.5 Å². The molecule has 5 heteroatoms. The Morgan fingerprint density at radius 2 is 1.88 bits per heavy atom. The maximum atomic E-state index is 13.0. The Labute approximate surface area is 141 Å². The summed E-state index contributed by atoms with van der Waals surface area (Å²) in [5, 5.41) is 12.7. The van der Waals surface area contributed by atoms with Crippen LogP contribution in [0.3, 0.4) is 0 Å². The molecule has 1 aliphatic carbocycles. The number of phenolic OH excluding ortho intramolecular Hbond substituents is 1. The lowest BCUT2D eigenvalue weighted by Crippen LogP contribution is -2.43. The summed E-state index contributed by atoms with van der Waals surface area (Å²) >= 11 is 0. The molecule has 5 nitrogen and oxygen atoms in total. The second-order valence-corrected chi connectivity index (χ2v) is 6.07. The van der Waals surface area contributed by atoms with Crippen molar-refractivity contribution in [1.29, 1.82) is 0 Å². The Bertz CT molecular complexity index is 728. The van der Waals surface area contributed by atoms with Crippen LogP contribution < -0.4 is 15.0 Å². The van der Waals surface area contributed by atoms with Gasteiger partial charge in [0.05, 0.1) is 18.5 Å². The lowest BCUT2D eigenvalue weighted by atomic mass is 10.1. The van der Waals surface area contributed by atoms with Gasteiger partial charge in [0, 0.05) is 6.04 Å². The van der Waals surface area contributed by atoms with E-state index in [-0.39, 0.29) is 17.8 Å². The predicted molar refractivity (Wildman–Crippen MR) is 94.8 cm³/mol. The standard InChI is InChI=1S/C19H22N2O3/c1-13(14-11-12-14)21(16-8-4-6-10-18(16)24-2)19(23)20-15-7-3-5-9-17(15)22/h3-10,13-14,22H,11-12H2,1-2H3,(H,20,23). The number of amides is 2. The largest absolute Gasteiger partial charge is 0.506 e. The van der Waals surface area contributed by atoms with Gasteiger partial charge >= 0.3 is 6.03 Å². The van der Waals surface area contributed by atoms with Crippen molar-refractivity contribution in [2.75, 3.05) is 17.3 Å². The highest BCUT2D eigenvalue weighted by molar-refractivity contribution is 6.03. The Morgan fingerprint density at radius 1 is 1.21 bits per heavy atom. The van der Waals surface area contributed by atoms with Crippen LogP contribution in [-0.2, 0) is 0 Å². The maximum Gasteiger partial charge on any atom is 0.326 e. The molecule has 1 fully saturated rings. The van der Waals surface area contributed by atoms with E-state index in [1.54, 1.807) is 36.3 Å². The molecule has 1 saturated carbocycles. The van der Waals surface area contributed by atoms with E-state index in [1.165, 1.54) is 0 Å². The van der Waals surface area contributed by atoms with E-state index < -0.39 is 0 Å². The lowest BCUT2D eigenvalue weighted by Gasteiger charge is -2.30. The number of rotatable bonds is 5. The van der Waals surface area contributed by atoms with Gasteiger partial charge in [0.2, 0.25) is 0 Å². The molecule has 0 heterocycles. The van der Waals surface area contributed by atoms with Crippen LogP contribution in [0.1, 0.15) is 19.8 Å². The number of hydrogen-bond donors (Lipinski definition) is 2. The molecule has 3 rings (SSSR count). The van der Waals surface area contributed by atoms with Crippen LogP contribution in [0.4, 0.5) is 16.2 Å². The topological polar surface area (TPSA) is 61.8 Å². The normalized spacial score (nSPS) is 14.8. The Balaban J connectivity index is 1.92. The fourth-order valence-electron chi connectivity index (χ4n) is 2.89. The number of nitrogens with one attached hydrogen (secondary N) is 1. The average Bonchev–Trinajstić information content (AvgIpc) is 3.42. The van der Waals surface area contributed by atoms with Crippen LogP contribution in [0.25, 0.3) is 0 Å². The highest BCUT2D eigenvalue weighted by Crippen LogP contribution is 2.40. The van der Waals surface area contributed by atoms with Crippen molar-refractivity contribution in [3.8, 4) is 11.5 Å². The molecular weight excluding hydrogens is 304 g/mol. The molecular formula is C19H22N2O3. The number of para-hydroxylation sites is 4. The number of urea groups is 1. The SMILES string of the molecule is COc1ccccc1N(C(=O)Nc1ccccc1O)C(C)C1CC1. The quantitative estimate of drug-likeness (QED) is 0.808. The lowest BCUT2D eigenvalue weighted by molar-refractivity contribution is 0.254. The van der Waals surface area contributed by atoms with E-state index in [9.17, 15) is 9.90 Å². The molecule has 2 N–H and O–H groups in total. The van der Waals surface area contributed by atoms with Crippen molar-refractivity contribution in [2.45, 2.75) is 25.8 Å². The molecule has 2 aromatic carbocycles. The molecule has 2 amide bonds. The molecule has 1 unspecified atom stereocenters. The Morgan fingerprint density at radius 3 is 2.54 bits per heavy atom. The zero-order valence-corrected chi connectivity index (χ0v) is 13.9. The smallest absolute Gasteiger partial charge is 0.326 e. The fourth-order valence-corrected chi connectivity index (χ4v) is 2.89. The van der Waals surface area contributed by atoms with Crippen molar-refractivity contribution >= 4 is 17.4 Å². The van der Waals surface area contributed by atoms with Crippen molar-refractivity contribution in [2.24, 2.45) is 5.92 Å². The first-order valence-electron chi connectivity index (χ1n) is 8.13. The molecule has 2 aromatic rings. The first-order valence-corrected chi connectivity index (χ1v) is 8.13. The van der Waals surface area contributed by atoms with Gasteiger partial charge in [-0.3, -0.25) is 4.90 Å². The summed E-state index contributed by atoms with van der Waals surface area (Å²) < 4.78 is 5.43. The third-order valence-electron chi connectivity index (χ3n) is 4.42. The summed E-state index contributed by atoms with van der Waals surface area (Å²) in [6.07, 6.45) is 2.24. The average molecular weight is 326 g/mol. The van der Waals surface area contributed by atoms with Gasteiger partial charge in [-0.15, -0.1) is 0 Å². The second kappa shape index (κ2) is 6.83. The summed E-state index contributed by atoms with van der Waals surface area (Å²) in [6, 6.07) is 14.0. The minimum Gasteiger partial charge on any atom is -0.506 e. The molecule has 1 atom stereocenters. The molecule has 0 saturated heterocycles. The van der Waals surface area contributed by atoms with Gasteiger partial charge in [-0.05, 0) is 49.9 Å². The zero-order chi connectivity index (χ0) is 17.1. The number of carbonyl (C=O) groups is 1. The van der Waals surface area contributed by atoms with Gasteiger partial charge in [-0.25, -0.2) is 4.79 Å². The predicted octanol–water partition coefficient (Wildman–Crippen LogP) is 4.24. The number of methoxy groups -OCH3 is 1. The molecule has 0 bridgehead atoms. The van der Waals surface area contributed by atoms with E-state index in [1.807, 2.05) is 24.3 Å². The van der Waals surface area contributed by atoms with Gasteiger partial charge in [0.15, 0.2) is 0 Å². The van der Waals surface area contributed by atoms with Crippen LogP contribution >= 0.6 is 0 Å². The van der Waals surface area contributed by atoms with Crippen molar-refractivity contribution in [3.05, 3.63) is 48.5 Å². The molecule has 0 radical (unpaired) electrons. The number of benzene rings is 2. The summed E-state index contributed by atoms with van der Waals surface area (Å²) in [7, 11) is 1.60. The van der Waals surface area contributed by atoms with Crippen molar-refractivity contribution in [3.63, 3.8) is 0 Å². The Kier molecular flexibility index (Phi) is 4.60. The third kappa shape index (κ3) is 3.30. The van der Waals surface area contributed by atoms with Gasteiger partial charge < -0.3 is 15.2 Å². The number of ether oxygens (including phenoxy) is 1. The van der Waals surface area contributed by atoms with E-state index >= 15 is 0 Å². The first-order chi connectivity index (χ1) is 11.6. The van der Waals surface area contributed by atoms with Crippen molar-refractivity contribution in [1.82, 2.24) is 0 Å². The fraction of sp³-hybridized carbons (Fsp3) is 0.316. The van der Waals surface area contributed by atoms with E-state index in [2.05, 4.69) is 12.2 Å². The molecule has 0 aliphatic heterocycles. The minimum absolute atomic E-state index is 0.0462. The number of phenols is 1. The molecule has 126 valence electrons. The van der Waals surface area contributed by atoms with Crippen LogP contribution in [0.15, 0.2) is 48.5 Å². The highest BCUT2D eigenvalue weighted by atomic mass is 16.5.